The molecule has 3 aromatic rings. The van der Waals surface area contributed by atoms with Crippen molar-refractivity contribution in [3.05, 3.63) is 96.1 Å². The van der Waals surface area contributed by atoms with Crippen LogP contribution < -0.4 is 10.6 Å². The van der Waals surface area contributed by atoms with Gasteiger partial charge in [0.05, 0.1) is 0 Å². The Morgan fingerprint density at radius 3 is 2.09 bits per heavy atom. The number of nitrogens with zero attached hydrogens (tertiary/aromatic N) is 1. The van der Waals surface area contributed by atoms with Gasteiger partial charge in [0.2, 0.25) is 0 Å². The molecule has 0 spiro atoms. The molecule has 1 aliphatic heterocycles. The number of nitrogens with two attached hydrogens (primary N) is 1. The predicted molar refractivity (Wildman–Crippen MR) is 95.7 cm³/mol. The van der Waals surface area contributed by atoms with Gasteiger partial charge < -0.3 is 10.6 Å². The van der Waals surface area contributed by atoms with Crippen molar-refractivity contribution in [2.75, 3.05) is 4.90 Å². The lowest BCUT2D eigenvalue weighted by atomic mass is 9.85. The molecule has 0 bridgehead atoms. The summed E-state index contributed by atoms with van der Waals surface area (Å²) in [7, 11) is 0. The molecular weight excluding hydrogens is 280 g/mol. The van der Waals surface area contributed by atoms with Crippen molar-refractivity contribution >= 4 is 11.4 Å². The summed E-state index contributed by atoms with van der Waals surface area (Å²) in [5.41, 5.74) is 11.3. The summed E-state index contributed by atoms with van der Waals surface area (Å²) in [4.78, 5) is 2.29. The van der Waals surface area contributed by atoms with Crippen molar-refractivity contribution in [1.82, 2.24) is 0 Å². The number of anilines is 2. The maximum atomic E-state index is 7.00. The predicted octanol–water partition coefficient (Wildman–Crippen LogP) is 4.58. The number of hydrogen-bond acceptors (Lipinski definition) is 2. The first-order valence-corrected chi connectivity index (χ1v) is 8.07. The van der Waals surface area contributed by atoms with Crippen LogP contribution in [0.5, 0.6) is 0 Å². The summed E-state index contributed by atoms with van der Waals surface area (Å²) in [6.07, 6.45) is 1.88. The highest BCUT2D eigenvalue weighted by Gasteiger charge is 2.39. The molecule has 3 aromatic carbocycles. The summed E-state index contributed by atoms with van der Waals surface area (Å²) >= 11 is 0. The van der Waals surface area contributed by atoms with E-state index in [1.54, 1.807) is 0 Å². The minimum absolute atomic E-state index is 0.531. The number of para-hydroxylation sites is 2. The van der Waals surface area contributed by atoms with Gasteiger partial charge in [-0.3, -0.25) is 0 Å². The van der Waals surface area contributed by atoms with Gasteiger partial charge in [-0.25, -0.2) is 0 Å². The van der Waals surface area contributed by atoms with Crippen LogP contribution in [0.25, 0.3) is 0 Å². The monoisotopic (exact) mass is 300 g/mol. The standard InChI is InChI=1S/C21H20N2/c22-21(18-10-3-1-4-11-18)16-15-17-9-7-8-14-20(17)23(21)19-12-5-2-6-13-19/h1-14H,15-16,22H2. The lowest BCUT2D eigenvalue weighted by Gasteiger charge is -2.47. The van der Waals surface area contributed by atoms with E-state index in [9.17, 15) is 0 Å². The van der Waals surface area contributed by atoms with Crippen molar-refractivity contribution in [3.63, 3.8) is 0 Å². The summed E-state index contributed by atoms with van der Waals surface area (Å²) in [5.74, 6) is 0. The zero-order valence-electron chi connectivity index (χ0n) is 13.0. The maximum absolute atomic E-state index is 7.00. The van der Waals surface area contributed by atoms with E-state index in [2.05, 4.69) is 77.7 Å². The van der Waals surface area contributed by atoms with Gasteiger partial charge in [-0.05, 0) is 42.2 Å². The fraction of sp³-hybridized carbons (Fsp3) is 0.143. The third kappa shape index (κ3) is 2.32. The SMILES string of the molecule is NC1(c2ccccc2)CCc2ccccc2N1c1ccccc1. The molecule has 2 nitrogen and oxygen atoms in total. The minimum atomic E-state index is -0.531. The van der Waals surface area contributed by atoms with Gasteiger partial charge in [0.25, 0.3) is 0 Å². The van der Waals surface area contributed by atoms with E-state index in [1.807, 2.05) is 12.1 Å². The van der Waals surface area contributed by atoms with Crippen molar-refractivity contribution in [2.24, 2.45) is 5.73 Å². The molecule has 1 heterocycles. The van der Waals surface area contributed by atoms with Crippen LogP contribution in [0.15, 0.2) is 84.9 Å². The second kappa shape index (κ2) is 5.56. The number of rotatable bonds is 2. The fourth-order valence-corrected chi connectivity index (χ4v) is 3.54. The molecule has 2 N–H and O–H groups in total. The van der Waals surface area contributed by atoms with Crippen LogP contribution in [0.1, 0.15) is 17.5 Å². The molecule has 1 unspecified atom stereocenters. The molecule has 0 saturated carbocycles. The largest absolute Gasteiger partial charge is 0.318 e. The Hall–Kier alpha value is -2.58. The number of hydrogen-bond donors (Lipinski definition) is 1. The van der Waals surface area contributed by atoms with Crippen molar-refractivity contribution in [2.45, 2.75) is 18.5 Å². The fourth-order valence-electron chi connectivity index (χ4n) is 3.54. The van der Waals surface area contributed by atoms with Gasteiger partial charge in [0, 0.05) is 11.4 Å². The Labute approximate surface area is 137 Å². The molecule has 0 radical (unpaired) electrons. The summed E-state index contributed by atoms with van der Waals surface area (Å²) in [6.45, 7) is 0. The van der Waals surface area contributed by atoms with Crippen LogP contribution in [0, 0.1) is 0 Å². The summed E-state index contributed by atoms with van der Waals surface area (Å²) < 4.78 is 0. The highest BCUT2D eigenvalue weighted by atomic mass is 15.3. The van der Waals surface area contributed by atoms with Crippen LogP contribution in [-0.4, -0.2) is 0 Å². The number of fused-ring (bicyclic) bond motifs is 1. The van der Waals surface area contributed by atoms with Gasteiger partial charge in [-0.15, -0.1) is 0 Å². The maximum Gasteiger partial charge on any atom is 0.119 e. The second-order valence-corrected chi connectivity index (χ2v) is 6.09. The van der Waals surface area contributed by atoms with E-state index in [0.29, 0.717) is 0 Å². The first-order chi connectivity index (χ1) is 11.3. The van der Waals surface area contributed by atoms with Crippen LogP contribution in [0.2, 0.25) is 0 Å². The molecule has 2 heteroatoms. The average Bonchev–Trinajstić information content (AvgIpc) is 2.63. The van der Waals surface area contributed by atoms with E-state index in [0.717, 1.165) is 24.1 Å². The van der Waals surface area contributed by atoms with Crippen molar-refractivity contribution in [1.29, 1.82) is 0 Å². The zero-order valence-corrected chi connectivity index (χ0v) is 13.0. The molecular formula is C21H20N2. The van der Waals surface area contributed by atoms with Gasteiger partial charge in [0.1, 0.15) is 5.66 Å². The lowest BCUT2D eigenvalue weighted by Crippen LogP contribution is -2.53. The minimum Gasteiger partial charge on any atom is -0.318 e. The van der Waals surface area contributed by atoms with Gasteiger partial charge >= 0.3 is 0 Å². The van der Waals surface area contributed by atoms with Crippen LogP contribution in [-0.2, 0) is 12.1 Å². The molecule has 0 saturated heterocycles. The number of aryl methyl sites for hydroxylation is 1. The molecule has 23 heavy (non-hydrogen) atoms. The highest BCUT2D eigenvalue weighted by Crippen LogP contribution is 2.44. The average molecular weight is 300 g/mol. The zero-order chi connectivity index (χ0) is 15.7. The van der Waals surface area contributed by atoms with Gasteiger partial charge in [-0.1, -0.05) is 66.7 Å². The molecule has 0 fully saturated rings. The van der Waals surface area contributed by atoms with E-state index >= 15 is 0 Å². The van der Waals surface area contributed by atoms with Crippen LogP contribution >= 0.6 is 0 Å². The summed E-state index contributed by atoms with van der Waals surface area (Å²) in [6, 6.07) is 29.4. The first kappa shape index (κ1) is 14.0. The van der Waals surface area contributed by atoms with E-state index < -0.39 is 5.66 Å². The van der Waals surface area contributed by atoms with E-state index in [1.165, 1.54) is 11.3 Å². The Balaban J connectivity index is 1.93. The summed E-state index contributed by atoms with van der Waals surface area (Å²) in [5, 5.41) is 0. The third-order valence-electron chi connectivity index (χ3n) is 4.70. The smallest absolute Gasteiger partial charge is 0.119 e. The first-order valence-electron chi connectivity index (χ1n) is 8.07. The second-order valence-electron chi connectivity index (χ2n) is 6.09. The molecule has 114 valence electrons. The molecule has 0 aliphatic carbocycles. The van der Waals surface area contributed by atoms with Gasteiger partial charge in [-0.2, -0.15) is 0 Å². The van der Waals surface area contributed by atoms with Crippen molar-refractivity contribution in [3.8, 4) is 0 Å². The molecule has 0 aromatic heterocycles. The Kier molecular flexibility index (Phi) is 3.40. The quantitative estimate of drug-likeness (QED) is 0.750. The van der Waals surface area contributed by atoms with E-state index in [-0.39, 0.29) is 0 Å². The molecule has 1 aliphatic rings. The lowest BCUT2D eigenvalue weighted by molar-refractivity contribution is 0.400. The highest BCUT2D eigenvalue weighted by molar-refractivity contribution is 5.71. The van der Waals surface area contributed by atoms with Gasteiger partial charge in [0.15, 0.2) is 0 Å². The Morgan fingerprint density at radius 2 is 1.35 bits per heavy atom. The molecule has 4 rings (SSSR count). The third-order valence-corrected chi connectivity index (χ3v) is 4.70. The Morgan fingerprint density at radius 1 is 0.739 bits per heavy atom. The molecule has 1 atom stereocenters. The topological polar surface area (TPSA) is 29.3 Å². The Bertz CT molecular complexity index is 798. The normalized spacial score (nSPS) is 20.1. The molecule has 0 amide bonds. The van der Waals surface area contributed by atoms with Crippen molar-refractivity contribution < 1.29 is 0 Å². The number of benzene rings is 3. The van der Waals surface area contributed by atoms with Crippen LogP contribution in [0.4, 0.5) is 11.4 Å². The van der Waals surface area contributed by atoms with E-state index in [4.69, 9.17) is 5.73 Å². The van der Waals surface area contributed by atoms with Crippen LogP contribution in [0.3, 0.4) is 0 Å².